The van der Waals surface area contributed by atoms with Crippen molar-refractivity contribution in [3.05, 3.63) is 60.3 Å². The second kappa shape index (κ2) is 6.36. The second-order valence-corrected chi connectivity index (χ2v) is 4.94. The van der Waals surface area contributed by atoms with Crippen molar-refractivity contribution >= 4 is 22.5 Å². The molecule has 2 aromatic carbocycles. The van der Waals surface area contributed by atoms with E-state index in [4.69, 9.17) is 9.47 Å². The molecule has 5 nitrogen and oxygen atoms in total. The molecule has 0 spiro atoms. The SMILES string of the molecule is COc1ccc(NC(=O)c2ccc3cc(OC)ccc3n2)cc1. The van der Waals surface area contributed by atoms with Crippen LogP contribution in [0.25, 0.3) is 10.9 Å². The summed E-state index contributed by atoms with van der Waals surface area (Å²) in [5.74, 6) is 1.24. The maximum atomic E-state index is 12.3. The Kier molecular flexibility index (Phi) is 4.10. The first kappa shape index (κ1) is 14.8. The van der Waals surface area contributed by atoms with Gasteiger partial charge in [0.2, 0.25) is 0 Å². The second-order valence-electron chi connectivity index (χ2n) is 4.94. The molecule has 116 valence electrons. The molecule has 0 aliphatic carbocycles. The van der Waals surface area contributed by atoms with Crippen LogP contribution < -0.4 is 14.8 Å². The Morgan fingerprint density at radius 3 is 2.30 bits per heavy atom. The fourth-order valence-corrected chi connectivity index (χ4v) is 2.23. The molecule has 3 rings (SSSR count). The first-order chi connectivity index (χ1) is 11.2. The molecule has 1 aromatic heterocycles. The Morgan fingerprint density at radius 1 is 0.913 bits per heavy atom. The summed E-state index contributed by atoms with van der Waals surface area (Å²) >= 11 is 0. The summed E-state index contributed by atoms with van der Waals surface area (Å²) in [6, 6.07) is 16.2. The van der Waals surface area contributed by atoms with E-state index in [1.54, 1.807) is 44.6 Å². The maximum absolute atomic E-state index is 12.3. The first-order valence-electron chi connectivity index (χ1n) is 7.10. The minimum absolute atomic E-state index is 0.257. The molecule has 1 heterocycles. The van der Waals surface area contributed by atoms with Gasteiger partial charge in [0.1, 0.15) is 17.2 Å². The smallest absolute Gasteiger partial charge is 0.274 e. The minimum Gasteiger partial charge on any atom is -0.497 e. The standard InChI is InChI=1S/C18H16N2O3/c1-22-14-6-4-13(5-7-14)19-18(21)17-9-3-12-11-15(23-2)8-10-16(12)20-17/h3-11H,1-2H3,(H,19,21). The molecule has 3 aromatic rings. The number of rotatable bonds is 4. The predicted molar refractivity (Wildman–Crippen MR) is 89.2 cm³/mol. The molecule has 0 aliphatic rings. The van der Waals surface area contributed by atoms with Gasteiger partial charge >= 0.3 is 0 Å². The average molecular weight is 308 g/mol. The van der Waals surface area contributed by atoms with E-state index in [1.165, 1.54) is 0 Å². The number of amides is 1. The van der Waals surface area contributed by atoms with Crippen LogP contribution in [0.4, 0.5) is 5.69 Å². The van der Waals surface area contributed by atoms with Gasteiger partial charge in [0, 0.05) is 11.1 Å². The Labute approximate surface area is 133 Å². The van der Waals surface area contributed by atoms with Crippen molar-refractivity contribution in [2.24, 2.45) is 0 Å². The van der Waals surface area contributed by atoms with Crippen molar-refractivity contribution in [2.45, 2.75) is 0 Å². The number of anilines is 1. The topological polar surface area (TPSA) is 60.5 Å². The lowest BCUT2D eigenvalue weighted by atomic mass is 10.2. The van der Waals surface area contributed by atoms with E-state index in [-0.39, 0.29) is 5.91 Å². The van der Waals surface area contributed by atoms with Gasteiger partial charge in [-0.25, -0.2) is 4.98 Å². The van der Waals surface area contributed by atoms with Gasteiger partial charge < -0.3 is 14.8 Å². The highest BCUT2D eigenvalue weighted by Gasteiger charge is 2.09. The van der Waals surface area contributed by atoms with Gasteiger partial charge in [-0.05, 0) is 48.5 Å². The zero-order valence-corrected chi connectivity index (χ0v) is 12.9. The van der Waals surface area contributed by atoms with Gasteiger partial charge in [-0.2, -0.15) is 0 Å². The zero-order valence-electron chi connectivity index (χ0n) is 12.9. The summed E-state index contributed by atoms with van der Waals surface area (Å²) < 4.78 is 10.3. The molecule has 1 N–H and O–H groups in total. The molecule has 23 heavy (non-hydrogen) atoms. The third-order valence-corrected chi connectivity index (χ3v) is 3.48. The van der Waals surface area contributed by atoms with Crippen LogP contribution in [-0.2, 0) is 0 Å². The Morgan fingerprint density at radius 2 is 1.61 bits per heavy atom. The van der Waals surface area contributed by atoms with Crippen LogP contribution in [-0.4, -0.2) is 25.1 Å². The molecule has 0 unspecified atom stereocenters. The number of hydrogen-bond donors (Lipinski definition) is 1. The van der Waals surface area contributed by atoms with Crippen LogP contribution in [0.5, 0.6) is 11.5 Å². The van der Waals surface area contributed by atoms with Crippen LogP contribution in [0.3, 0.4) is 0 Å². The van der Waals surface area contributed by atoms with Crippen molar-refractivity contribution in [1.82, 2.24) is 4.98 Å². The third kappa shape index (κ3) is 3.23. The van der Waals surface area contributed by atoms with Gasteiger partial charge in [-0.1, -0.05) is 6.07 Å². The lowest BCUT2D eigenvalue weighted by molar-refractivity contribution is 0.102. The Hall–Kier alpha value is -3.08. The molecule has 0 saturated carbocycles. The van der Waals surface area contributed by atoms with E-state index in [0.717, 1.165) is 22.4 Å². The number of nitrogens with one attached hydrogen (secondary N) is 1. The van der Waals surface area contributed by atoms with Crippen molar-refractivity contribution in [2.75, 3.05) is 19.5 Å². The Balaban J connectivity index is 1.82. The lowest BCUT2D eigenvalue weighted by Gasteiger charge is -2.07. The summed E-state index contributed by atoms with van der Waals surface area (Å²) in [5, 5.41) is 3.74. The summed E-state index contributed by atoms with van der Waals surface area (Å²) in [7, 11) is 3.22. The van der Waals surface area contributed by atoms with E-state index >= 15 is 0 Å². The first-order valence-corrected chi connectivity index (χ1v) is 7.10. The number of methoxy groups -OCH3 is 2. The van der Waals surface area contributed by atoms with E-state index in [2.05, 4.69) is 10.3 Å². The number of carbonyl (C=O) groups is 1. The summed E-state index contributed by atoms with van der Waals surface area (Å²) in [6.45, 7) is 0. The quantitative estimate of drug-likeness (QED) is 0.801. The van der Waals surface area contributed by atoms with Crippen molar-refractivity contribution in [3.8, 4) is 11.5 Å². The van der Waals surface area contributed by atoms with Crippen molar-refractivity contribution in [1.29, 1.82) is 0 Å². The van der Waals surface area contributed by atoms with E-state index in [1.807, 2.05) is 24.3 Å². The van der Waals surface area contributed by atoms with E-state index in [0.29, 0.717) is 11.4 Å². The third-order valence-electron chi connectivity index (χ3n) is 3.48. The number of ether oxygens (including phenoxy) is 2. The normalized spacial score (nSPS) is 10.3. The van der Waals surface area contributed by atoms with Crippen LogP contribution in [0.15, 0.2) is 54.6 Å². The molecule has 0 fully saturated rings. The molecular formula is C18H16N2O3. The number of nitrogens with zero attached hydrogens (tertiary/aromatic N) is 1. The van der Waals surface area contributed by atoms with Gasteiger partial charge in [0.25, 0.3) is 5.91 Å². The van der Waals surface area contributed by atoms with Crippen LogP contribution in [0.1, 0.15) is 10.5 Å². The number of benzene rings is 2. The average Bonchev–Trinajstić information content (AvgIpc) is 2.61. The largest absolute Gasteiger partial charge is 0.497 e. The molecule has 0 aliphatic heterocycles. The van der Waals surface area contributed by atoms with Crippen LogP contribution in [0.2, 0.25) is 0 Å². The molecule has 5 heteroatoms. The van der Waals surface area contributed by atoms with Gasteiger partial charge in [0.15, 0.2) is 0 Å². The lowest BCUT2D eigenvalue weighted by Crippen LogP contribution is -2.13. The van der Waals surface area contributed by atoms with Crippen LogP contribution in [0, 0.1) is 0 Å². The summed E-state index contributed by atoms with van der Waals surface area (Å²) in [4.78, 5) is 16.7. The summed E-state index contributed by atoms with van der Waals surface area (Å²) in [5.41, 5.74) is 1.79. The van der Waals surface area contributed by atoms with Crippen molar-refractivity contribution in [3.63, 3.8) is 0 Å². The molecule has 0 radical (unpaired) electrons. The number of pyridine rings is 1. The molecule has 1 amide bonds. The molecule has 0 atom stereocenters. The molecule has 0 bridgehead atoms. The monoisotopic (exact) mass is 308 g/mol. The van der Waals surface area contributed by atoms with Gasteiger partial charge in [0.05, 0.1) is 19.7 Å². The number of carbonyl (C=O) groups excluding carboxylic acids is 1. The fourth-order valence-electron chi connectivity index (χ4n) is 2.23. The molecular weight excluding hydrogens is 292 g/mol. The van der Waals surface area contributed by atoms with E-state index in [9.17, 15) is 4.79 Å². The Bertz CT molecular complexity index is 845. The zero-order chi connectivity index (χ0) is 16.2. The molecule has 0 saturated heterocycles. The number of hydrogen-bond acceptors (Lipinski definition) is 4. The summed E-state index contributed by atoms with van der Waals surface area (Å²) in [6.07, 6.45) is 0. The van der Waals surface area contributed by atoms with Crippen LogP contribution >= 0.6 is 0 Å². The number of fused-ring (bicyclic) bond motifs is 1. The minimum atomic E-state index is -0.257. The van der Waals surface area contributed by atoms with Gasteiger partial charge in [-0.3, -0.25) is 4.79 Å². The number of aromatic nitrogens is 1. The highest BCUT2D eigenvalue weighted by Crippen LogP contribution is 2.20. The highest BCUT2D eigenvalue weighted by atomic mass is 16.5. The van der Waals surface area contributed by atoms with Gasteiger partial charge in [-0.15, -0.1) is 0 Å². The maximum Gasteiger partial charge on any atom is 0.274 e. The predicted octanol–water partition coefficient (Wildman–Crippen LogP) is 3.50. The highest BCUT2D eigenvalue weighted by molar-refractivity contribution is 6.04. The fraction of sp³-hybridized carbons (Fsp3) is 0.111. The van der Waals surface area contributed by atoms with E-state index < -0.39 is 0 Å². The van der Waals surface area contributed by atoms with Crippen molar-refractivity contribution < 1.29 is 14.3 Å².